The molecule has 1 saturated heterocycles. The Labute approximate surface area is 127 Å². The molecular weight excluding hydrogens is 264 g/mol. The Bertz CT molecular complexity index is 479. The fourth-order valence-corrected chi connectivity index (χ4v) is 2.83. The molecule has 0 spiro atoms. The van der Waals surface area contributed by atoms with Crippen molar-refractivity contribution in [3.05, 3.63) is 12.1 Å². The van der Waals surface area contributed by atoms with Crippen LogP contribution < -0.4 is 15.4 Å². The molecule has 2 heterocycles. The molecule has 1 aliphatic carbocycles. The minimum Gasteiger partial charge on any atom is -0.476 e. The molecule has 0 amide bonds. The van der Waals surface area contributed by atoms with Crippen LogP contribution in [0.5, 0.6) is 5.88 Å². The SMILES string of the molecule is CN(C)C1CCN(c2ccc(N)c(OCC3CC3)n2)CC1. The molecule has 0 bridgehead atoms. The number of pyridine rings is 1. The van der Waals surface area contributed by atoms with Gasteiger partial charge < -0.3 is 20.3 Å². The molecular formula is C16H26N4O. The van der Waals surface area contributed by atoms with E-state index in [4.69, 9.17) is 10.5 Å². The van der Waals surface area contributed by atoms with Crippen LogP contribution in [0.4, 0.5) is 11.5 Å². The van der Waals surface area contributed by atoms with Gasteiger partial charge in [-0.15, -0.1) is 0 Å². The van der Waals surface area contributed by atoms with E-state index >= 15 is 0 Å². The first-order valence-electron chi connectivity index (χ1n) is 7.94. The van der Waals surface area contributed by atoms with Crippen molar-refractivity contribution in [1.29, 1.82) is 0 Å². The lowest BCUT2D eigenvalue weighted by molar-refractivity contribution is 0.249. The van der Waals surface area contributed by atoms with E-state index < -0.39 is 0 Å². The first-order valence-corrected chi connectivity index (χ1v) is 7.94. The van der Waals surface area contributed by atoms with Crippen molar-refractivity contribution in [3.8, 4) is 5.88 Å². The van der Waals surface area contributed by atoms with E-state index in [-0.39, 0.29) is 0 Å². The summed E-state index contributed by atoms with van der Waals surface area (Å²) in [6.45, 7) is 2.84. The molecule has 116 valence electrons. The first-order chi connectivity index (χ1) is 10.1. The third-order valence-corrected chi connectivity index (χ3v) is 4.55. The van der Waals surface area contributed by atoms with Crippen molar-refractivity contribution in [2.24, 2.45) is 5.92 Å². The minimum absolute atomic E-state index is 0.606. The van der Waals surface area contributed by atoms with Crippen molar-refractivity contribution >= 4 is 11.5 Å². The monoisotopic (exact) mass is 290 g/mol. The average Bonchev–Trinajstić information content (AvgIpc) is 3.31. The van der Waals surface area contributed by atoms with Gasteiger partial charge in [0.25, 0.3) is 0 Å². The number of ether oxygens (including phenoxy) is 1. The quantitative estimate of drug-likeness (QED) is 0.898. The van der Waals surface area contributed by atoms with Gasteiger partial charge in [0.15, 0.2) is 0 Å². The van der Waals surface area contributed by atoms with Gasteiger partial charge in [0.1, 0.15) is 5.82 Å². The molecule has 3 rings (SSSR count). The molecule has 1 aromatic heterocycles. The minimum atomic E-state index is 0.606. The number of piperidine rings is 1. The summed E-state index contributed by atoms with van der Waals surface area (Å²) in [6, 6.07) is 4.61. The van der Waals surface area contributed by atoms with Crippen molar-refractivity contribution < 1.29 is 4.74 Å². The van der Waals surface area contributed by atoms with Gasteiger partial charge in [-0.25, -0.2) is 0 Å². The molecule has 2 fully saturated rings. The van der Waals surface area contributed by atoms with Crippen LogP contribution in [0.2, 0.25) is 0 Å². The third-order valence-electron chi connectivity index (χ3n) is 4.55. The van der Waals surface area contributed by atoms with Crippen LogP contribution in [0.25, 0.3) is 0 Å². The normalized spacial score (nSPS) is 20.0. The standard InChI is InChI=1S/C16H26N4O/c1-19(2)13-7-9-20(10-8-13)15-6-5-14(17)16(18-15)21-11-12-3-4-12/h5-6,12-13H,3-4,7-11,17H2,1-2H3. The summed E-state index contributed by atoms with van der Waals surface area (Å²) >= 11 is 0. The van der Waals surface area contributed by atoms with Crippen LogP contribution in [0.3, 0.4) is 0 Å². The zero-order chi connectivity index (χ0) is 14.8. The van der Waals surface area contributed by atoms with Crippen LogP contribution >= 0.6 is 0 Å². The number of anilines is 2. The highest BCUT2D eigenvalue weighted by molar-refractivity contribution is 5.54. The highest BCUT2D eigenvalue weighted by atomic mass is 16.5. The van der Waals surface area contributed by atoms with Gasteiger partial charge in [0, 0.05) is 19.1 Å². The number of rotatable bonds is 5. The van der Waals surface area contributed by atoms with Crippen molar-refractivity contribution in [2.45, 2.75) is 31.7 Å². The molecule has 0 aromatic carbocycles. The lowest BCUT2D eigenvalue weighted by atomic mass is 10.0. The molecule has 1 saturated carbocycles. The highest BCUT2D eigenvalue weighted by Gasteiger charge is 2.24. The topological polar surface area (TPSA) is 54.6 Å². The number of nitrogen functional groups attached to an aromatic ring is 1. The largest absolute Gasteiger partial charge is 0.476 e. The predicted octanol–water partition coefficient (Wildman–Crippen LogP) is 1.98. The van der Waals surface area contributed by atoms with Crippen molar-refractivity contribution in [2.75, 3.05) is 44.4 Å². The maximum absolute atomic E-state index is 5.97. The molecule has 1 aliphatic heterocycles. The van der Waals surface area contributed by atoms with Crippen LogP contribution in [0.15, 0.2) is 12.1 Å². The summed E-state index contributed by atoms with van der Waals surface area (Å²) in [5, 5.41) is 0. The number of nitrogens with two attached hydrogens (primary N) is 1. The molecule has 0 atom stereocenters. The van der Waals surface area contributed by atoms with E-state index in [1.165, 1.54) is 25.7 Å². The van der Waals surface area contributed by atoms with Gasteiger partial charge in [0.05, 0.1) is 12.3 Å². The summed E-state index contributed by atoms with van der Waals surface area (Å²) < 4.78 is 5.78. The second kappa shape index (κ2) is 6.10. The second-order valence-corrected chi connectivity index (χ2v) is 6.50. The van der Waals surface area contributed by atoms with Gasteiger partial charge >= 0.3 is 0 Å². The zero-order valence-electron chi connectivity index (χ0n) is 13.1. The summed E-state index contributed by atoms with van der Waals surface area (Å²) in [5.74, 6) is 2.31. The Hall–Kier alpha value is -1.49. The smallest absolute Gasteiger partial charge is 0.239 e. The molecule has 5 nitrogen and oxygen atoms in total. The molecule has 2 N–H and O–H groups in total. The Morgan fingerprint density at radius 3 is 2.57 bits per heavy atom. The Kier molecular flexibility index (Phi) is 4.19. The van der Waals surface area contributed by atoms with Crippen LogP contribution in [-0.4, -0.2) is 49.7 Å². The van der Waals surface area contributed by atoms with Gasteiger partial charge in [-0.1, -0.05) is 0 Å². The summed E-state index contributed by atoms with van der Waals surface area (Å²) in [5.41, 5.74) is 6.62. The fraction of sp³-hybridized carbons (Fsp3) is 0.688. The highest BCUT2D eigenvalue weighted by Crippen LogP contribution is 2.31. The molecule has 5 heteroatoms. The lowest BCUT2D eigenvalue weighted by Gasteiger charge is -2.35. The van der Waals surface area contributed by atoms with Gasteiger partial charge in [-0.2, -0.15) is 4.98 Å². The van der Waals surface area contributed by atoms with Gasteiger partial charge in [0.2, 0.25) is 5.88 Å². The maximum atomic E-state index is 5.97. The molecule has 1 aromatic rings. The first kappa shape index (κ1) is 14.4. The number of hydrogen-bond donors (Lipinski definition) is 1. The number of aromatic nitrogens is 1. The summed E-state index contributed by atoms with van der Waals surface area (Å²) in [7, 11) is 4.32. The summed E-state index contributed by atoms with van der Waals surface area (Å²) in [6.07, 6.45) is 4.91. The van der Waals surface area contributed by atoms with E-state index in [1.54, 1.807) is 0 Å². The van der Waals surface area contributed by atoms with Crippen LogP contribution in [0.1, 0.15) is 25.7 Å². The van der Waals surface area contributed by atoms with E-state index in [2.05, 4.69) is 28.9 Å². The molecule has 2 aliphatic rings. The number of nitrogens with zero attached hydrogens (tertiary/aromatic N) is 3. The molecule has 0 unspecified atom stereocenters. The number of hydrogen-bond acceptors (Lipinski definition) is 5. The Morgan fingerprint density at radius 1 is 1.24 bits per heavy atom. The second-order valence-electron chi connectivity index (χ2n) is 6.50. The zero-order valence-corrected chi connectivity index (χ0v) is 13.1. The Balaban J connectivity index is 1.63. The Morgan fingerprint density at radius 2 is 1.95 bits per heavy atom. The summed E-state index contributed by atoms with van der Waals surface area (Å²) in [4.78, 5) is 9.28. The third kappa shape index (κ3) is 3.59. The van der Waals surface area contributed by atoms with Crippen molar-refractivity contribution in [1.82, 2.24) is 9.88 Å². The molecule has 21 heavy (non-hydrogen) atoms. The van der Waals surface area contributed by atoms with E-state index in [0.717, 1.165) is 25.5 Å². The fourth-order valence-electron chi connectivity index (χ4n) is 2.83. The average molecular weight is 290 g/mol. The van der Waals surface area contributed by atoms with Crippen LogP contribution in [0, 0.1) is 5.92 Å². The van der Waals surface area contributed by atoms with Gasteiger partial charge in [-0.3, -0.25) is 0 Å². The van der Waals surface area contributed by atoms with Gasteiger partial charge in [-0.05, 0) is 57.8 Å². The van der Waals surface area contributed by atoms with E-state index in [9.17, 15) is 0 Å². The van der Waals surface area contributed by atoms with E-state index in [1.807, 2.05) is 12.1 Å². The van der Waals surface area contributed by atoms with Crippen molar-refractivity contribution in [3.63, 3.8) is 0 Å². The predicted molar refractivity (Wildman–Crippen MR) is 85.8 cm³/mol. The maximum Gasteiger partial charge on any atom is 0.239 e. The lowest BCUT2D eigenvalue weighted by Crippen LogP contribution is -2.42. The molecule has 0 radical (unpaired) electrons. The van der Waals surface area contributed by atoms with Crippen LogP contribution in [-0.2, 0) is 0 Å². The van der Waals surface area contributed by atoms with E-state index in [0.29, 0.717) is 23.5 Å².